The van der Waals surface area contributed by atoms with Gasteiger partial charge in [-0.1, -0.05) is 35.3 Å². The molecule has 1 aromatic heterocycles. The Morgan fingerprint density at radius 2 is 1.93 bits per heavy atom. The third-order valence-corrected chi connectivity index (χ3v) is 5.04. The fourth-order valence-electron chi connectivity index (χ4n) is 2.61. The van der Waals surface area contributed by atoms with Crippen molar-refractivity contribution in [2.45, 2.75) is 6.04 Å². The number of benzene rings is 2. The Balaban J connectivity index is 2.10. The molecule has 0 saturated heterocycles. The molecule has 1 atom stereocenters. The zero-order chi connectivity index (χ0) is 19.2. The third kappa shape index (κ3) is 4.47. The second kappa shape index (κ2) is 8.99. The number of hydrogen-bond donors (Lipinski definition) is 0. The minimum absolute atomic E-state index is 0.0496. The van der Waals surface area contributed by atoms with Gasteiger partial charge in [0.25, 0.3) is 12.4 Å². The molecule has 0 N–H and O–H groups in total. The topological polar surface area (TPSA) is 59.5 Å². The van der Waals surface area contributed by atoms with Gasteiger partial charge in [-0.15, -0.1) is 11.3 Å². The van der Waals surface area contributed by atoms with Gasteiger partial charge in [-0.25, -0.2) is 4.98 Å². The summed E-state index contributed by atoms with van der Waals surface area (Å²) in [5.41, 5.74) is 3.18. The number of hydrogen-bond acceptors (Lipinski definition) is 5. The maximum atomic E-state index is 13.4. The Kier molecular flexibility index (Phi) is 6.45. The number of ether oxygens (including phenoxy) is 1. The second-order valence-corrected chi connectivity index (χ2v) is 7.05. The molecule has 0 aliphatic heterocycles. The highest BCUT2D eigenvalue weighted by Gasteiger charge is 2.30. The van der Waals surface area contributed by atoms with Crippen molar-refractivity contribution in [3.63, 3.8) is 0 Å². The monoisotopic (exact) mass is 420 g/mol. The molecule has 0 fully saturated rings. The predicted molar refractivity (Wildman–Crippen MR) is 107 cm³/mol. The molecular weight excluding hydrogens is 407 g/mol. The Morgan fingerprint density at radius 1 is 1.19 bits per heavy atom. The van der Waals surface area contributed by atoms with E-state index in [0.717, 1.165) is 0 Å². The van der Waals surface area contributed by atoms with Gasteiger partial charge in [0.2, 0.25) is 0 Å². The molecule has 5 nitrogen and oxygen atoms in total. The van der Waals surface area contributed by atoms with Crippen LogP contribution in [0.1, 0.15) is 22.1 Å². The molecule has 27 heavy (non-hydrogen) atoms. The van der Waals surface area contributed by atoms with E-state index in [4.69, 9.17) is 27.9 Å². The molecule has 0 spiro atoms. The Labute approximate surface area is 170 Å². The normalized spacial score (nSPS) is 11.6. The van der Waals surface area contributed by atoms with Crippen LogP contribution in [0.15, 0.2) is 59.4 Å². The fraction of sp³-hybridized carbons (Fsp3) is 0.105. The van der Waals surface area contributed by atoms with Crippen LogP contribution in [0.25, 0.3) is 0 Å². The van der Waals surface area contributed by atoms with E-state index in [1.54, 1.807) is 54.0 Å². The van der Waals surface area contributed by atoms with Crippen molar-refractivity contribution in [3.05, 3.63) is 80.7 Å². The highest BCUT2D eigenvalue weighted by atomic mass is 35.5. The lowest BCUT2D eigenvalue weighted by atomic mass is 10.1. The van der Waals surface area contributed by atoms with Crippen molar-refractivity contribution in [1.29, 1.82) is 0 Å². The zero-order valence-corrected chi connectivity index (χ0v) is 16.2. The van der Waals surface area contributed by atoms with Crippen LogP contribution in [0.5, 0.6) is 0 Å². The molecular formula is C19H14Cl2N2O3S. The summed E-state index contributed by atoms with van der Waals surface area (Å²) in [7, 11) is 0. The first kappa shape index (κ1) is 19.4. The molecule has 1 unspecified atom stereocenters. The average molecular weight is 421 g/mol. The van der Waals surface area contributed by atoms with E-state index in [9.17, 15) is 9.59 Å². The summed E-state index contributed by atoms with van der Waals surface area (Å²) in [6, 6.07) is 13.0. The highest BCUT2D eigenvalue weighted by molar-refractivity contribution is 7.07. The van der Waals surface area contributed by atoms with Crippen LogP contribution in [-0.4, -0.2) is 24.0 Å². The number of anilines is 1. The van der Waals surface area contributed by atoms with Crippen LogP contribution < -0.4 is 4.90 Å². The van der Waals surface area contributed by atoms with Crippen LogP contribution >= 0.6 is 34.5 Å². The average Bonchev–Trinajstić information content (AvgIpc) is 3.20. The van der Waals surface area contributed by atoms with E-state index in [0.29, 0.717) is 33.5 Å². The quantitative estimate of drug-likeness (QED) is 0.503. The number of thiazole rings is 1. The predicted octanol–water partition coefficient (Wildman–Crippen LogP) is 5.01. The lowest BCUT2D eigenvalue weighted by molar-refractivity contribution is -0.129. The summed E-state index contributed by atoms with van der Waals surface area (Å²) in [4.78, 5) is 30.0. The number of aromatic nitrogens is 1. The number of halogens is 2. The highest BCUT2D eigenvalue weighted by Crippen LogP contribution is 2.31. The SMILES string of the molecule is O=COCC(c1cscn1)N(C(=O)c1ccccc1Cl)c1ccc(Cl)cc1. The Morgan fingerprint density at radius 3 is 2.56 bits per heavy atom. The fourth-order valence-corrected chi connectivity index (χ4v) is 3.56. The molecule has 138 valence electrons. The van der Waals surface area contributed by atoms with Crippen molar-refractivity contribution >= 4 is 52.6 Å². The minimum Gasteiger partial charge on any atom is -0.465 e. The van der Waals surface area contributed by atoms with Crippen LogP contribution in [0.2, 0.25) is 10.0 Å². The van der Waals surface area contributed by atoms with Crippen molar-refractivity contribution in [3.8, 4) is 0 Å². The summed E-state index contributed by atoms with van der Waals surface area (Å²) in [6.45, 7) is 0.297. The molecule has 3 aromatic rings. The van der Waals surface area contributed by atoms with Gasteiger partial charge in [-0.05, 0) is 36.4 Å². The van der Waals surface area contributed by atoms with Crippen LogP contribution in [-0.2, 0) is 9.53 Å². The molecule has 1 heterocycles. The van der Waals surface area contributed by atoms with E-state index in [-0.39, 0.29) is 12.5 Å². The lowest BCUT2D eigenvalue weighted by Gasteiger charge is -2.30. The van der Waals surface area contributed by atoms with Gasteiger partial charge < -0.3 is 4.74 Å². The Hall–Kier alpha value is -2.41. The smallest absolute Gasteiger partial charge is 0.293 e. The van der Waals surface area contributed by atoms with E-state index in [1.807, 2.05) is 5.38 Å². The lowest BCUT2D eigenvalue weighted by Crippen LogP contribution is -2.37. The molecule has 0 aliphatic rings. The molecule has 1 amide bonds. The molecule has 3 rings (SSSR count). The van der Waals surface area contributed by atoms with E-state index < -0.39 is 6.04 Å². The summed E-state index contributed by atoms with van der Waals surface area (Å²) in [5.74, 6) is -0.338. The molecule has 8 heteroatoms. The second-order valence-electron chi connectivity index (χ2n) is 5.49. The minimum atomic E-state index is -0.619. The largest absolute Gasteiger partial charge is 0.465 e. The van der Waals surface area contributed by atoms with Crippen LogP contribution in [0, 0.1) is 0 Å². The molecule has 0 aliphatic carbocycles. The molecule has 2 aromatic carbocycles. The van der Waals surface area contributed by atoms with Gasteiger partial charge in [-0.2, -0.15) is 0 Å². The zero-order valence-electron chi connectivity index (χ0n) is 13.9. The van der Waals surface area contributed by atoms with Gasteiger partial charge >= 0.3 is 0 Å². The Bertz CT molecular complexity index is 917. The van der Waals surface area contributed by atoms with E-state index in [1.165, 1.54) is 16.2 Å². The first-order valence-electron chi connectivity index (χ1n) is 7.89. The third-order valence-electron chi connectivity index (χ3n) is 3.85. The first-order valence-corrected chi connectivity index (χ1v) is 9.58. The van der Waals surface area contributed by atoms with Gasteiger partial charge in [0.15, 0.2) is 0 Å². The number of rotatable bonds is 7. The van der Waals surface area contributed by atoms with E-state index in [2.05, 4.69) is 4.98 Å². The van der Waals surface area contributed by atoms with Gasteiger partial charge in [-0.3, -0.25) is 14.5 Å². The molecule has 0 radical (unpaired) electrons. The number of nitrogens with zero attached hydrogens (tertiary/aromatic N) is 2. The van der Waals surface area contributed by atoms with Crippen molar-refractivity contribution in [1.82, 2.24) is 4.98 Å². The molecule has 0 saturated carbocycles. The maximum Gasteiger partial charge on any atom is 0.293 e. The van der Waals surface area contributed by atoms with Crippen molar-refractivity contribution in [2.75, 3.05) is 11.5 Å². The van der Waals surface area contributed by atoms with Gasteiger partial charge in [0.1, 0.15) is 12.6 Å². The first-order chi connectivity index (χ1) is 13.1. The number of amides is 1. The summed E-state index contributed by atoms with van der Waals surface area (Å²) < 4.78 is 4.99. The van der Waals surface area contributed by atoms with Crippen LogP contribution in [0.4, 0.5) is 5.69 Å². The van der Waals surface area contributed by atoms with Crippen molar-refractivity contribution in [2.24, 2.45) is 0 Å². The summed E-state index contributed by atoms with van der Waals surface area (Å²) in [6.07, 6.45) is 0. The maximum absolute atomic E-state index is 13.4. The molecule has 0 bridgehead atoms. The summed E-state index contributed by atoms with van der Waals surface area (Å²) in [5, 5.41) is 2.68. The van der Waals surface area contributed by atoms with E-state index >= 15 is 0 Å². The summed E-state index contributed by atoms with van der Waals surface area (Å²) >= 11 is 13.6. The number of carbonyl (C=O) groups is 2. The standard InChI is InChI=1S/C19H14Cl2N2O3S/c20-13-5-7-14(8-6-13)23(19(25)15-3-1-2-4-16(15)21)18(9-26-12-24)17-10-27-11-22-17/h1-8,10-12,18H,9H2. The van der Waals surface area contributed by atoms with Crippen LogP contribution in [0.3, 0.4) is 0 Å². The van der Waals surface area contributed by atoms with Crippen molar-refractivity contribution < 1.29 is 14.3 Å². The van der Waals surface area contributed by atoms with Gasteiger partial charge in [0.05, 0.1) is 21.8 Å². The number of carbonyl (C=O) groups excluding carboxylic acids is 2. The van der Waals surface area contributed by atoms with Gasteiger partial charge in [0, 0.05) is 16.1 Å².